The Hall–Kier alpha value is -3.51. The summed E-state index contributed by atoms with van der Waals surface area (Å²) in [7, 11) is 0. The van der Waals surface area contributed by atoms with Crippen molar-refractivity contribution in [2.45, 2.75) is 161 Å². The lowest BCUT2D eigenvalue weighted by Crippen LogP contribution is -2.29. The number of Topliss-reactive ketones (excluding diaryl/α,β-unsaturated/α-hetero) is 2. The van der Waals surface area contributed by atoms with Crippen LogP contribution in [0.25, 0.3) is 0 Å². The molecule has 2 atom stereocenters. The molecule has 0 aromatic carbocycles. The second kappa shape index (κ2) is 41.8. The van der Waals surface area contributed by atoms with E-state index in [0.29, 0.717) is 45.3 Å². The van der Waals surface area contributed by atoms with E-state index in [1.165, 1.54) is 44.9 Å². The number of hydroxylamine groups is 1. The predicted molar refractivity (Wildman–Crippen MR) is 228 cm³/mol. The lowest BCUT2D eigenvalue weighted by atomic mass is 9.94. The lowest BCUT2D eigenvalue weighted by molar-refractivity contribution is -0.144. The number of ketones is 2. The van der Waals surface area contributed by atoms with E-state index in [1.807, 2.05) is 0 Å². The number of nitrogens with one attached hydrogen (secondary N) is 3. The number of unbranched alkanes of at least 4 members (excludes halogenated alkanes) is 14. The number of aliphatic carboxylic acids is 2. The Balaban J connectivity index is 3.66. The third-order valence-corrected chi connectivity index (χ3v) is 10.1. The Labute approximate surface area is 364 Å². The van der Waals surface area contributed by atoms with E-state index < -0.39 is 29.7 Å². The largest absolute Gasteiger partial charge is 0.481 e. The number of amides is 3. The number of ether oxygens (including phenoxy) is 4. The molecule has 17 heteroatoms. The van der Waals surface area contributed by atoms with Crippen LogP contribution in [0.1, 0.15) is 161 Å². The van der Waals surface area contributed by atoms with Crippen molar-refractivity contribution < 1.29 is 69.3 Å². The highest BCUT2D eigenvalue weighted by atomic mass is 16.5. The second-order valence-corrected chi connectivity index (χ2v) is 15.7. The topological polar surface area (TPSA) is 253 Å². The van der Waals surface area contributed by atoms with Crippen LogP contribution in [0.5, 0.6) is 0 Å². The zero-order chi connectivity index (χ0) is 46.1. The van der Waals surface area contributed by atoms with Gasteiger partial charge in [-0.05, 0) is 38.5 Å². The van der Waals surface area contributed by atoms with Gasteiger partial charge in [0, 0.05) is 57.7 Å². The van der Waals surface area contributed by atoms with Crippen LogP contribution in [0.15, 0.2) is 0 Å². The molecule has 0 heterocycles. The van der Waals surface area contributed by atoms with Gasteiger partial charge in [0.25, 0.3) is 0 Å². The molecule has 0 fully saturated rings. The number of carbonyl (C=O) groups is 7. The first-order chi connectivity index (χ1) is 29.8. The maximum Gasteiger partial charge on any atom is 0.306 e. The van der Waals surface area contributed by atoms with Crippen molar-refractivity contribution in [2.24, 2.45) is 11.8 Å². The quantitative estimate of drug-likeness (QED) is 0.0243. The van der Waals surface area contributed by atoms with Crippen LogP contribution in [-0.2, 0) is 52.5 Å². The minimum atomic E-state index is -1.07. The first-order valence-electron chi connectivity index (χ1n) is 23.1. The summed E-state index contributed by atoms with van der Waals surface area (Å²) in [5, 5.41) is 32.5. The SMILES string of the molecule is [3H]N(O)C(=O)[C@@H](C)CCCCNC(=O)COCCOCCCC(=O)COCCOCCNC(=O)CC[C@H](CC(=O)CCCCCCCCCCCCCCCCC(=O)O)C(=O)O. The maximum atomic E-state index is 12.4. The molecule has 0 aliphatic carbocycles. The Morgan fingerprint density at radius 1 is 0.508 bits per heavy atom. The fraction of sp³-hybridized carbons (Fsp3) is 0.841. The van der Waals surface area contributed by atoms with Crippen molar-refractivity contribution in [3.63, 3.8) is 0 Å². The van der Waals surface area contributed by atoms with Gasteiger partial charge in [0.2, 0.25) is 17.7 Å². The summed E-state index contributed by atoms with van der Waals surface area (Å²) in [6.07, 6.45) is 18.5. The molecular weight excluding hydrogens is 794 g/mol. The normalized spacial score (nSPS) is 12.3. The molecule has 0 rings (SSSR count). The van der Waals surface area contributed by atoms with Gasteiger partial charge in [-0.15, -0.1) is 0 Å². The van der Waals surface area contributed by atoms with E-state index in [-0.39, 0.29) is 114 Å². The summed E-state index contributed by atoms with van der Waals surface area (Å²) in [4.78, 5) is 82.1. The first-order valence-corrected chi connectivity index (χ1v) is 22.7. The molecule has 0 aromatic rings. The van der Waals surface area contributed by atoms with E-state index in [0.717, 1.165) is 44.9 Å². The van der Waals surface area contributed by atoms with Crippen LogP contribution in [-0.4, -0.2) is 123 Å². The standard InChI is InChI=1S/C44H79N3O14/c1-36(43(54)47-57)19-16-17-25-45-41(51)35-61-32-29-58-27-18-21-39(49)34-60-31-30-59-28-26-46-40(50)24-23-37(44(55)56)33-38(48)20-14-12-10-8-6-4-2-3-5-7-9-11-13-15-22-42(52)53/h36-37,57H,2-35H2,1H3,(H,45,51)(H,46,50)(H,47,54)(H,52,53)(H,55,56)/t36-,37+/m0/s1/i/hT. The fourth-order valence-electron chi connectivity index (χ4n) is 6.38. The molecule has 6 N–H and O–H groups in total. The molecule has 0 radical (unpaired) electrons. The smallest absolute Gasteiger partial charge is 0.306 e. The van der Waals surface area contributed by atoms with Crippen molar-refractivity contribution in [1.82, 2.24) is 16.1 Å². The van der Waals surface area contributed by atoms with Crippen LogP contribution >= 0.6 is 0 Å². The van der Waals surface area contributed by atoms with Crippen molar-refractivity contribution >= 4 is 41.2 Å². The number of carboxylic acids is 2. The van der Waals surface area contributed by atoms with Gasteiger partial charge in [0.05, 0.1) is 39.0 Å². The number of carboxylic acid groups (broad SMARTS) is 2. The molecule has 61 heavy (non-hydrogen) atoms. The van der Waals surface area contributed by atoms with Gasteiger partial charge in [0.1, 0.15) is 19.0 Å². The van der Waals surface area contributed by atoms with Crippen LogP contribution in [0.2, 0.25) is 1.41 Å². The molecular formula is C44H79N3O14. The Morgan fingerprint density at radius 2 is 1.02 bits per heavy atom. The summed E-state index contributed by atoms with van der Waals surface area (Å²) in [6, 6.07) is 0. The van der Waals surface area contributed by atoms with E-state index in [2.05, 4.69) is 10.6 Å². The van der Waals surface area contributed by atoms with Gasteiger partial charge in [-0.25, -0.2) is 5.47 Å². The molecule has 0 aliphatic heterocycles. The van der Waals surface area contributed by atoms with Gasteiger partial charge in [-0.2, -0.15) is 0 Å². The number of carbonyl (C=O) groups excluding carboxylic acids is 5. The number of hydrogen-bond acceptors (Lipinski definition) is 12. The predicted octanol–water partition coefficient (Wildman–Crippen LogP) is 5.71. The van der Waals surface area contributed by atoms with Crippen LogP contribution in [0.3, 0.4) is 0 Å². The molecule has 17 nitrogen and oxygen atoms in total. The molecule has 354 valence electrons. The maximum absolute atomic E-state index is 12.4. The highest BCUT2D eigenvalue weighted by molar-refractivity contribution is 5.84. The number of hydrogen-bond donors (Lipinski definition) is 6. The summed E-state index contributed by atoms with van der Waals surface area (Å²) in [5.41, 5.74) is -0.159. The number of rotatable bonds is 46. The molecule has 0 aromatic heterocycles. The van der Waals surface area contributed by atoms with Gasteiger partial charge >= 0.3 is 11.9 Å². The zero-order valence-corrected chi connectivity index (χ0v) is 37.0. The monoisotopic (exact) mass is 876 g/mol. The summed E-state index contributed by atoms with van der Waals surface area (Å²) >= 11 is 0. The molecule has 0 bridgehead atoms. The van der Waals surface area contributed by atoms with Crippen LogP contribution in [0.4, 0.5) is 0 Å². The zero-order valence-electron chi connectivity index (χ0n) is 38.0. The van der Waals surface area contributed by atoms with Gasteiger partial charge in [-0.1, -0.05) is 90.4 Å². The summed E-state index contributed by atoms with van der Waals surface area (Å²) in [6.45, 7) is 3.62. The fourth-order valence-corrected chi connectivity index (χ4v) is 6.38. The van der Waals surface area contributed by atoms with E-state index in [4.69, 9.17) is 30.7 Å². The first kappa shape index (κ1) is 55.5. The van der Waals surface area contributed by atoms with Gasteiger partial charge < -0.3 is 39.8 Å². The molecule has 0 aliphatic rings. The highest BCUT2D eigenvalue weighted by Gasteiger charge is 2.22. The van der Waals surface area contributed by atoms with Crippen molar-refractivity contribution in [1.29, 1.82) is 0 Å². The van der Waals surface area contributed by atoms with Gasteiger partial charge in [-0.3, -0.25) is 38.8 Å². The Kier molecular flexibility index (Phi) is 38.1. The second-order valence-electron chi connectivity index (χ2n) is 15.7. The summed E-state index contributed by atoms with van der Waals surface area (Å²) < 4.78 is 28.3. The van der Waals surface area contributed by atoms with E-state index >= 15 is 0 Å². The van der Waals surface area contributed by atoms with Crippen molar-refractivity contribution in [3.8, 4) is 0 Å². The molecule has 0 saturated heterocycles. The van der Waals surface area contributed by atoms with Crippen LogP contribution < -0.4 is 16.1 Å². The van der Waals surface area contributed by atoms with Crippen molar-refractivity contribution in [3.05, 3.63) is 0 Å². The van der Waals surface area contributed by atoms with E-state index in [1.54, 1.807) is 6.92 Å². The minimum absolute atomic E-state index is 0.00235. The average molecular weight is 876 g/mol. The van der Waals surface area contributed by atoms with Crippen LogP contribution in [0, 0.1) is 11.8 Å². The van der Waals surface area contributed by atoms with Gasteiger partial charge in [0.15, 0.2) is 7.20 Å². The highest BCUT2D eigenvalue weighted by Crippen LogP contribution is 2.17. The Bertz CT molecular complexity index is 1230. The van der Waals surface area contributed by atoms with Crippen molar-refractivity contribution in [2.75, 3.05) is 65.9 Å². The third kappa shape index (κ3) is 40.3. The molecule has 3 amide bonds. The summed E-state index contributed by atoms with van der Waals surface area (Å²) in [5.74, 6) is -4.56. The van der Waals surface area contributed by atoms with E-state index in [9.17, 15) is 38.7 Å². The Morgan fingerprint density at radius 3 is 1.59 bits per heavy atom. The minimum Gasteiger partial charge on any atom is -0.481 e. The molecule has 0 spiro atoms. The third-order valence-electron chi connectivity index (χ3n) is 10.1. The molecule has 0 unspecified atom stereocenters. The lowest BCUT2D eigenvalue weighted by Gasteiger charge is -2.12. The average Bonchev–Trinajstić information content (AvgIpc) is 3.23. The molecule has 0 saturated carbocycles.